The second kappa shape index (κ2) is 7.56. The average Bonchev–Trinajstić information content (AvgIpc) is 3.39. The summed E-state index contributed by atoms with van der Waals surface area (Å²) in [4.78, 5) is 32.7. The molecule has 0 N–H and O–H groups in total. The number of amides is 2. The first-order valence-electron chi connectivity index (χ1n) is 10.4. The summed E-state index contributed by atoms with van der Waals surface area (Å²) in [5.74, 6) is -0.0616. The van der Waals surface area contributed by atoms with Gasteiger partial charge in [0.2, 0.25) is 5.91 Å². The number of anilines is 1. The lowest BCUT2D eigenvalue weighted by molar-refractivity contribution is -0.136. The second-order valence-corrected chi connectivity index (χ2v) is 10.9. The van der Waals surface area contributed by atoms with Crippen molar-refractivity contribution in [2.24, 2.45) is 4.40 Å². The van der Waals surface area contributed by atoms with Gasteiger partial charge in [0.05, 0.1) is 11.4 Å². The van der Waals surface area contributed by atoms with Gasteiger partial charge in [0.1, 0.15) is 6.04 Å². The Labute approximate surface area is 180 Å². The minimum absolute atomic E-state index is 0.00868. The smallest absolute Gasteiger partial charge is 0.257 e. The number of piperidine rings is 1. The number of hydrogen-bond acceptors (Lipinski definition) is 6. The summed E-state index contributed by atoms with van der Waals surface area (Å²) in [5.41, 5.74) is 1.42. The lowest BCUT2D eigenvalue weighted by Crippen LogP contribution is -2.52. The van der Waals surface area contributed by atoms with E-state index in [9.17, 15) is 18.0 Å². The molecule has 0 radical (unpaired) electrons. The highest BCUT2D eigenvalue weighted by molar-refractivity contribution is 8.15. The molecule has 10 heteroatoms. The topological polar surface area (TPSA) is 90.4 Å². The van der Waals surface area contributed by atoms with Crippen molar-refractivity contribution < 1.29 is 18.0 Å². The zero-order valence-electron chi connectivity index (χ0n) is 16.6. The van der Waals surface area contributed by atoms with Crippen molar-refractivity contribution in [1.29, 1.82) is 0 Å². The molecular formula is C20H24N4O4S2. The molecule has 0 aliphatic carbocycles. The van der Waals surface area contributed by atoms with E-state index in [-0.39, 0.29) is 23.6 Å². The molecule has 2 saturated heterocycles. The summed E-state index contributed by atoms with van der Waals surface area (Å²) in [6.45, 7) is 2.53. The van der Waals surface area contributed by atoms with Gasteiger partial charge < -0.3 is 14.7 Å². The van der Waals surface area contributed by atoms with E-state index < -0.39 is 10.0 Å². The summed E-state index contributed by atoms with van der Waals surface area (Å²) < 4.78 is 27.5. The first-order valence-corrected chi connectivity index (χ1v) is 12.9. The van der Waals surface area contributed by atoms with E-state index in [1.165, 1.54) is 11.8 Å². The van der Waals surface area contributed by atoms with Crippen LogP contribution >= 0.6 is 11.8 Å². The molecule has 2 amide bonds. The van der Waals surface area contributed by atoms with E-state index >= 15 is 0 Å². The predicted octanol–water partition coefficient (Wildman–Crippen LogP) is 1.92. The number of nitrogens with zero attached hydrogens (tertiary/aromatic N) is 4. The average molecular weight is 449 g/mol. The Kier molecular flexibility index (Phi) is 5.01. The van der Waals surface area contributed by atoms with Crippen LogP contribution in [0, 0.1) is 0 Å². The van der Waals surface area contributed by atoms with E-state index in [0.29, 0.717) is 30.2 Å². The standard InChI is InChI=1S/C20H24N4O4S2/c25-18(23-10-2-1-5-16(23)19(26)22-8-3-4-9-22)14-6-7-15-17(13-14)29-20-21-30(27,28)12-11-24(15)20/h6-7,13,16H,1-5,8-12H2. The number of fused-ring (bicyclic) bond motifs is 3. The first kappa shape index (κ1) is 19.9. The molecule has 0 bridgehead atoms. The fraction of sp³-hybridized carbons (Fsp3) is 0.550. The highest BCUT2D eigenvalue weighted by atomic mass is 32.2. The van der Waals surface area contributed by atoms with E-state index in [1.54, 1.807) is 11.0 Å². The third-order valence-electron chi connectivity index (χ3n) is 6.19. The van der Waals surface area contributed by atoms with Crippen LogP contribution in [0.5, 0.6) is 0 Å². The lowest BCUT2D eigenvalue weighted by atomic mass is 9.99. The molecule has 160 valence electrons. The normalized spacial score (nSPS) is 25.0. The zero-order valence-corrected chi connectivity index (χ0v) is 18.3. The Bertz CT molecular complexity index is 1030. The minimum Gasteiger partial charge on any atom is -0.341 e. The molecular weight excluding hydrogens is 424 g/mol. The van der Waals surface area contributed by atoms with Crippen molar-refractivity contribution in [2.45, 2.75) is 43.0 Å². The molecule has 4 heterocycles. The van der Waals surface area contributed by atoms with Gasteiger partial charge in [0.25, 0.3) is 15.9 Å². The SMILES string of the molecule is O=C(C1CCCCN1C(=O)c1ccc2c(c1)SC1=NS(=O)(=O)CCN12)N1CCCC1. The number of hydrogen-bond donors (Lipinski definition) is 0. The third kappa shape index (κ3) is 3.49. The summed E-state index contributed by atoms with van der Waals surface area (Å²) >= 11 is 1.28. The van der Waals surface area contributed by atoms with Crippen molar-refractivity contribution in [1.82, 2.24) is 9.80 Å². The summed E-state index contributed by atoms with van der Waals surface area (Å²) in [6.07, 6.45) is 4.63. The van der Waals surface area contributed by atoms with E-state index in [1.807, 2.05) is 21.9 Å². The molecule has 0 aromatic heterocycles. The molecule has 1 aromatic rings. The van der Waals surface area contributed by atoms with Gasteiger partial charge in [0.15, 0.2) is 5.17 Å². The molecule has 1 aromatic carbocycles. The zero-order chi connectivity index (χ0) is 20.9. The van der Waals surface area contributed by atoms with Crippen LogP contribution < -0.4 is 4.90 Å². The van der Waals surface area contributed by atoms with Crippen molar-refractivity contribution in [3.8, 4) is 0 Å². The van der Waals surface area contributed by atoms with Gasteiger partial charge in [-0.3, -0.25) is 9.59 Å². The molecule has 4 aliphatic heterocycles. The number of amidine groups is 1. The predicted molar refractivity (Wildman–Crippen MR) is 115 cm³/mol. The van der Waals surface area contributed by atoms with Crippen molar-refractivity contribution >= 4 is 44.5 Å². The van der Waals surface area contributed by atoms with Crippen LogP contribution in [0.3, 0.4) is 0 Å². The lowest BCUT2D eigenvalue weighted by Gasteiger charge is -2.37. The monoisotopic (exact) mass is 448 g/mol. The van der Waals surface area contributed by atoms with Gasteiger partial charge in [-0.2, -0.15) is 0 Å². The fourth-order valence-corrected chi connectivity index (χ4v) is 6.91. The molecule has 8 nitrogen and oxygen atoms in total. The molecule has 0 saturated carbocycles. The van der Waals surface area contributed by atoms with Crippen molar-refractivity contribution in [2.75, 3.05) is 36.8 Å². The minimum atomic E-state index is -3.42. The van der Waals surface area contributed by atoms with Crippen LogP contribution in [-0.2, 0) is 14.8 Å². The maximum absolute atomic E-state index is 13.4. The third-order valence-corrected chi connectivity index (χ3v) is 8.49. The Hall–Kier alpha value is -2.07. The Balaban J connectivity index is 1.40. The molecule has 30 heavy (non-hydrogen) atoms. The fourth-order valence-electron chi connectivity index (χ4n) is 4.61. The molecule has 4 aliphatic rings. The number of rotatable bonds is 2. The largest absolute Gasteiger partial charge is 0.341 e. The number of carbonyl (C=O) groups is 2. The van der Waals surface area contributed by atoms with Gasteiger partial charge in [-0.15, -0.1) is 4.40 Å². The molecule has 1 unspecified atom stereocenters. The number of likely N-dealkylation sites (tertiary alicyclic amines) is 2. The molecule has 0 spiro atoms. The van der Waals surface area contributed by atoms with Crippen LogP contribution in [-0.4, -0.2) is 73.2 Å². The van der Waals surface area contributed by atoms with Gasteiger partial charge in [-0.25, -0.2) is 8.42 Å². The van der Waals surface area contributed by atoms with Crippen LogP contribution in [0.1, 0.15) is 42.5 Å². The van der Waals surface area contributed by atoms with Crippen LogP contribution in [0.4, 0.5) is 5.69 Å². The molecule has 2 fully saturated rings. The maximum Gasteiger partial charge on any atom is 0.257 e. The quantitative estimate of drug-likeness (QED) is 0.687. The number of carbonyl (C=O) groups excluding carboxylic acids is 2. The van der Waals surface area contributed by atoms with Gasteiger partial charge >= 0.3 is 0 Å². The second-order valence-electron chi connectivity index (χ2n) is 8.14. The summed E-state index contributed by atoms with van der Waals surface area (Å²) in [6, 6.07) is 5.06. The van der Waals surface area contributed by atoms with Gasteiger partial charge in [-0.05, 0) is 62.1 Å². The van der Waals surface area contributed by atoms with Gasteiger partial charge in [-0.1, -0.05) is 0 Å². The number of sulfonamides is 1. The number of thioether (sulfide) groups is 1. The van der Waals surface area contributed by atoms with Gasteiger partial charge in [0, 0.05) is 36.6 Å². The van der Waals surface area contributed by atoms with E-state index in [2.05, 4.69) is 4.40 Å². The number of benzene rings is 1. The van der Waals surface area contributed by atoms with Crippen LogP contribution in [0.15, 0.2) is 27.5 Å². The highest BCUT2D eigenvalue weighted by Gasteiger charge is 2.37. The van der Waals surface area contributed by atoms with E-state index in [0.717, 1.165) is 49.4 Å². The Morgan fingerprint density at radius 2 is 1.80 bits per heavy atom. The highest BCUT2D eigenvalue weighted by Crippen LogP contribution is 2.42. The molecule has 5 rings (SSSR count). The Morgan fingerprint density at radius 3 is 2.60 bits per heavy atom. The van der Waals surface area contributed by atoms with E-state index in [4.69, 9.17) is 0 Å². The van der Waals surface area contributed by atoms with Crippen molar-refractivity contribution in [3.63, 3.8) is 0 Å². The summed E-state index contributed by atoms with van der Waals surface area (Å²) in [7, 11) is -3.42. The Morgan fingerprint density at radius 1 is 1.03 bits per heavy atom. The van der Waals surface area contributed by atoms with Crippen LogP contribution in [0.25, 0.3) is 0 Å². The summed E-state index contributed by atoms with van der Waals surface area (Å²) in [5, 5.41) is 0.445. The molecule has 1 atom stereocenters. The van der Waals surface area contributed by atoms with Crippen molar-refractivity contribution in [3.05, 3.63) is 23.8 Å². The maximum atomic E-state index is 13.4. The van der Waals surface area contributed by atoms with Crippen LogP contribution in [0.2, 0.25) is 0 Å². The first-order chi connectivity index (χ1) is 14.4.